The number of benzene rings is 2. The number of aromatic nitrogens is 2. The summed E-state index contributed by atoms with van der Waals surface area (Å²) in [7, 11) is 4.61. The van der Waals surface area contributed by atoms with Crippen LogP contribution in [-0.4, -0.2) is 60.7 Å². The van der Waals surface area contributed by atoms with Crippen molar-refractivity contribution in [3.05, 3.63) is 52.4 Å². The highest BCUT2D eigenvalue weighted by molar-refractivity contribution is 6.01. The summed E-state index contributed by atoms with van der Waals surface area (Å²) in [6.07, 6.45) is 0.787. The van der Waals surface area contributed by atoms with Gasteiger partial charge >= 0.3 is 5.69 Å². The SMILES string of the molecule is COc1cc(C(=O)C(C)N2CCC(n3c(=O)[nH]c4ccccc43)C(C)C2)cc(OC)c1OC. The Hall–Kier alpha value is -3.26. The second-order valence-electron chi connectivity index (χ2n) is 8.60. The first-order chi connectivity index (χ1) is 15.9. The van der Waals surface area contributed by atoms with Crippen LogP contribution in [0.15, 0.2) is 41.2 Å². The Labute approximate surface area is 193 Å². The van der Waals surface area contributed by atoms with Crippen molar-refractivity contribution in [2.75, 3.05) is 34.4 Å². The average molecular weight is 454 g/mol. The quantitative estimate of drug-likeness (QED) is 0.551. The Kier molecular flexibility index (Phi) is 6.47. The molecule has 33 heavy (non-hydrogen) atoms. The van der Waals surface area contributed by atoms with Crippen LogP contribution in [0.25, 0.3) is 11.0 Å². The number of hydrogen-bond donors (Lipinski definition) is 1. The van der Waals surface area contributed by atoms with E-state index in [9.17, 15) is 9.59 Å². The van der Waals surface area contributed by atoms with E-state index in [1.54, 1.807) is 12.1 Å². The summed E-state index contributed by atoms with van der Waals surface area (Å²) >= 11 is 0. The molecule has 0 amide bonds. The Morgan fingerprint density at radius 2 is 1.76 bits per heavy atom. The van der Waals surface area contributed by atoms with E-state index in [4.69, 9.17) is 14.2 Å². The number of rotatable bonds is 7. The number of ketones is 1. The first-order valence-corrected chi connectivity index (χ1v) is 11.2. The molecule has 0 saturated carbocycles. The molecular weight excluding hydrogens is 422 g/mol. The number of ether oxygens (including phenoxy) is 3. The molecule has 2 aromatic carbocycles. The second-order valence-corrected chi connectivity index (χ2v) is 8.60. The summed E-state index contributed by atoms with van der Waals surface area (Å²) in [6, 6.07) is 10.9. The van der Waals surface area contributed by atoms with Crippen LogP contribution >= 0.6 is 0 Å². The maximum absolute atomic E-state index is 13.4. The van der Waals surface area contributed by atoms with Crippen LogP contribution in [0.2, 0.25) is 0 Å². The highest BCUT2D eigenvalue weighted by atomic mass is 16.5. The van der Waals surface area contributed by atoms with E-state index in [-0.39, 0.29) is 29.5 Å². The summed E-state index contributed by atoms with van der Waals surface area (Å²) in [5.74, 6) is 1.56. The fourth-order valence-electron chi connectivity index (χ4n) is 4.93. The van der Waals surface area contributed by atoms with Gasteiger partial charge in [0.2, 0.25) is 5.75 Å². The predicted octanol–water partition coefficient (Wildman–Crippen LogP) is 3.51. The van der Waals surface area contributed by atoms with E-state index in [0.717, 1.165) is 24.0 Å². The number of hydrogen-bond acceptors (Lipinski definition) is 6. The minimum absolute atomic E-state index is 0.0100. The van der Waals surface area contributed by atoms with Gasteiger partial charge in [0.05, 0.1) is 38.4 Å². The molecule has 8 heteroatoms. The van der Waals surface area contributed by atoms with Crippen molar-refractivity contribution in [3.63, 3.8) is 0 Å². The van der Waals surface area contributed by atoms with Crippen molar-refractivity contribution in [3.8, 4) is 17.2 Å². The van der Waals surface area contributed by atoms with Gasteiger partial charge < -0.3 is 19.2 Å². The van der Waals surface area contributed by atoms with Gasteiger partial charge in [-0.25, -0.2) is 4.79 Å². The van der Waals surface area contributed by atoms with E-state index in [2.05, 4.69) is 16.8 Å². The maximum atomic E-state index is 13.4. The number of methoxy groups -OCH3 is 3. The Morgan fingerprint density at radius 3 is 2.36 bits per heavy atom. The molecule has 1 aliphatic rings. The van der Waals surface area contributed by atoms with Crippen molar-refractivity contribution in [2.24, 2.45) is 5.92 Å². The van der Waals surface area contributed by atoms with Crippen LogP contribution in [0.1, 0.15) is 36.7 Å². The lowest BCUT2D eigenvalue weighted by Crippen LogP contribution is -2.48. The number of nitrogens with zero attached hydrogens (tertiary/aromatic N) is 2. The minimum Gasteiger partial charge on any atom is -0.493 e. The number of imidazole rings is 1. The molecule has 8 nitrogen and oxygen atoms in total. The topological polar surface area (TPSA) is 85.8 Å². The van der Waals surface area contributed by atoms with Crippen LogP contribution in [0, 0.1) is 5.92 Å². The van der Waals surface area contributed by atoms with Gasteiger partial charge in [-0.05, 0) is 43.5 Å². The Morgan fingerprint density at radius 1 is 1.09 bits per heavy atom. The third kappa shape index (κ3) is 4.11. The lowest BCUT2D eigenvalue weighted by atomic mass is 9.91. The van der Waals surface area contributed by atoms with Gasteiger partial charge in [0.25, 0.3) is 0 Å². The minimum atomic E-state index is -0.323. The van der Waals surface area contributed by atoms with Crippen LogP contribution < -0.4 is 19.9 Å². The van der Waals surface area contributed by atoms with Gasteiger partial charge in [-0.3, -0.25) is 14.3 Å². The zero-order chi connectivity index (χ0) is 23.7. The van der Waals surface area contributed by atoms with Crippen LogP contribution in [0.3, 0.4) is 0 Å². The van der Waals surface area contributed by atoms with Gasteiger partial charge in [-0.15, -0.1) is 0 Å². The fourth-order valence-corrected chi connectivity index (χ4v) is 4.93. The molecule has 2 heterocycles. The second kappa shape index (κ2) is 9.31. The third-order valence-electron chi connectivity index (χ3n) is 6.72. The number of carbonyl (C=O) groups is 1. The molecule has 176 valence electrons. The number of H-pyrrole nitrogens is 1. The molecule has 3 atom stereocenters. The van der Waals surface area contributed by atoms with Gasteiger partial charge in [-0.1, -0.05) is 19.1 Å². The van der Waals surface area contributed by atoms with Crippen molar-refractivity contribution in [1.82, 2.24) is 14.5 Å². The van der Waals surface area contributed by atoms with E-state index < -0.39 is 0 Å². The normalized spacial score (nSPS) is 19.9. The monoisotopic (exact) mass is 453 g/mol. The summed E-state index contributed by atoms with van der Waals surface area (Å²) in [6.45, 7) is 5.50. The van der Waals surface area contributed by atoms with Crippen molar-refractivity contribution in [1.29, 1.82) is 0 Å². The molecule has 4 rings (SSSR count). The summed E-state index contributed by atoms with van der Waals surface area (Å²) in [5.41, 5.74) is 2.21. The molecule has 0 aliphatic carbocycles. The van der Waals surface area contributed by atoms with Gasteiger partial charge in [0.15, 0.2) is 17.3 Å². The smallest absolute Gasteiger partial charge is 0.326 e. The number of likely N-dealkylation sites (tertiary alicyclic amines) is 1. The fraction of sp³-hybridized carbons (Fsp3) is 0.440. The summed E-state index contributed by atoms with van der Waals surface area (Å²) in [4.78, 5) is 31.2. The van der Waals surface area contributed by atoms with Crippen molar-refractivity contribution in [2.45, 2.75) is 32.4 Å². The Balaban J connectivity index is 1.54. The molecule has 0 radical (unpaired) electrons. The maximum Gasteiger partial charge on any atom is 0.326 e. The lowest BCUT2D eigenvalue weighted by Gasteiger charge is -2.40. The molecule has 1 aromatic heterocycles. The van der Waals surface area contributed by atoms with E-state index >= 15 is 0 Å². The van der Waals surface area contributed by atoms with Gasteiger partial charge in [0.1, 0.15) is 0 Å². The number of nitrogens with one attached hydrogen (secondary N) is 1. The molecular formula is C25H31N3O5. The molecule has 3 unspecified atom stereocenters. The van der Waals surface area contributed by atoms with E-state index in [0.29, 0.717) is 29.4 Å². The number of piperidine rings is 1. The number of para-hydroxylation sites is 2. The molecule has 1 N–H and O–H groups in total. The molecule has 0 bridgehead atoms. The van der Waals surface area contributed by atoms with Gasteiger partial charge in [-0.2, -0.15) is 0 Å². The van der Waals surface area contributed by atoms with Crippen LogP contribution in [0.4, 0.5) is 0 Å². The first-order valence-electron chi connectivity index (χ1n) is 11.2. The molecule has 3 aromatic rings. The van der Waals surface area contributed by atoms with E-state index in [1.807, 2.05) is 35.8 Å². The zero-order valence-electron chi connectivity index (χ0n) is 19.8. The van der Waals surface area contributed by atoms with Crippen molar-refractivity contribution >= 4 is 16.8 Å². The lowest BCUT2D eigenvalue weighted by molar-refractivity contribution is 0.0681. The first kappa shape index (κ1) is 22.9. The Bertz CT molecular complexity index is 1190. The van der Waals surface area contributed by atoms with Crippen LogP contribution in [0.5, 0.6) is 17.2 Å². The van der Waals surface area contributed by atoms with Crippen molar-refractivity contribution < 1.29 is 19.0 Å². The van der Waals surface area contributed by atoms with Gasteiger partial charge in [0, 0.05) is 24.7 Å². The number of carbonyl (C=O) groups excluding carboxylic acids is 1. The summed E-state index contributed by atoms with van der Waals surface area (Å²) in [5, 5.41) is 0. The molecule has 0 spiro atoms. The predicted molar refractivity (Wildman–Crippen MR) is 127 cm³/mol. The largest absolute Gasteiger partial charge is 0.493 e. The number of aromatic amines is 1. The standard InChI is InChI=1S/C25H31N3O5/c1-15-14-27(11-10-19(15)28-20-9-7-6-8-18(20)26-25(28)30)16(2)23(29)17-12-21(31-3)24(33-5)22(13-17)32-4/h6-9,12-13,15-16,19H,10-11,14H2,1-5H3,(H,26,30). The molecule has 1 saturated heterocycles. The molecule has 1 fully saturated rings. The number of fused-ring (bicyclic) bond motifs is 1. The number of Topliss-reactive ketones (excluding diaryl/α,β-unsaturated/α-hetero) is 1. The highest BCUT2D eigenvalue weighted by Crippen LogP contribution is 2.39. The van der Waals surface area contributed by atoms with E-state index in [1.165, 1.54) is 21.3 Å². The highest BCUT2D eigenvalue weighted by Gasteiger charge is 2.34. The molecule has 1 aliphatic heterocycles. The zero-order valence-corrected chi connectivity index (χ0v) is 19.8. The summed E-state index contributed by atoms with van der Waals surface area (Å²) < 4.78 is 18.1. The third-order valence-corrected chi connectivity index (χ3v) is 6.72. The average Bonchev–Trinajstić information content (AvgIpc) is 3.17. The van der Waals surface area contributed by atoms with Crippen LogP contribution in [-0.2, 0) is 0 Å².